The fourth-order valence-corrected chi connectivity index (χ4v) is 2.55. The van der Waals surface area contributed by atoms with E-state index in [-0.39, 0.29) is 11.5 Å². The third kappa shape index (κ3) is 2.38. The summed E-state index contributed by atoms with van der Waals surface area (Å²) in [5.41, 5.74) is 0.958. The molecule has 3 heterocycles. The number of hydrogen-bond acceptors (Lipinski definition) is 4. The predicted octanol–water partition coefficient (Wildman–Crippen LogP) is 1.37. The van der Waals surface area contributed by atoms with Crippen molar-refractivity contribution in [3.05, 3.63) is 30.2 Å². The van der Waals surface area contributed by atoms with Crippen LogP contribution in [0.25, 0.3) is 5.65 Å². The Balaban J connectivity index is 1.93. The number of rotatable bonds is 1. The fraction of sp³-hybridized carbons (Fsp3) is 0.500. The summed E-state index contributed by atoms with van der Waals surface area (Å²) in [6.07, 6.45) is 2.43. The lowest BCUT2D eigenvalue weighted by molar-refractivity contribution is -0.0156. The Morgan fingerprint density at radius 1 is 1.40 bits per heavy atom. The Kier molecular flexibility index (Phi) is 3.17. The molecule has 0 N–H and O–H groups in total. The van der Waals surface area contributed by atoms with Gasteiger partial charge in [-0.3, -0.25) is 9.20 Å². The number of ether oxygens (including phenoxy) is 1. The van der Waals surface area contributed by atoms with E-state index in [9.17, 15) is 4.79 Å². The van der Waals surface area contributed by atoms with Crippen molar-refractivity contribution in [1.29, 1.82) is 0 Å². The minimum Gasteiger partial charge on any atom is -0.374 e. The smallest absolute Gasteiger partial charge is 0.271 e. The zero-order chi connectivity index (χ0) is 14.2. The number of aromatic nitrogens is 3. The second-order valence-electron chi connectivity index (χ2n) is 5.66. The molecule has 1 amide bonds. The molecule has 6 heteroatoms. The van der Waals surface area contributed by atoms with Crippen molar-refractivity contribution in [2.45, 2.75) is 25.9 Å². The molecular formula is C14H18N4O2. The van der Waals surface area contributed by atoms with Crippen molar-refractivity contribution in [1.82, 2.24) is 19.5 Å². The van der Waals surface area contributed by atoms with E-state index in [2.05, 4.69) is 10.2 Å². The zero-order valence-corrected chi connectivity index (χ0v) is 11.7. The van der Waals surface area contributed by atoms with Crippen LogP contribution in [0.5, 0.6) is 0 Å². The van der Waals surface area contributed by atoms with Gasteiger partial charge in [0.05, 0.1) is 5.60 Å². The van der Waals surface area contributed by atoms with Gasteiger partial charge in [-0.25, -0.2) is 0 Å². The predicted molar refractivity (Wildman–Crippen MR) is 73.5 cm³/mol. The van der Waals surface area contributed by atoms with E-state index in [1.807, 2.05) is 30.9 Å². The first-order valence-electron chi connectivity index (χ1n) is 6.79. The van der Waals surface area contributed by atoms with Gasteiger partial charge in [0.2, 0.25) is 0 Å². The van der Waals surface area contributed by atoms with Gasteiger partial charge in [0.15, 0.2) is 5.65 Å². The maximum absolute atomic E-state index is 12.7. The molecule has 1 fully saturated rings. The number of amides is 1. The maximum Gasteiger partial charge on any atom is 0.271 e. The molecule has 3 rings (SSSR count). The molecule has 2 aromatic heterocycles. The molecule has 0 radical (unpaired) electrons. The van der Waals surface area contributed by atoms with Crippen LogP contribution < -0.4 is 0 Å². The summed E-state index contributed by atoms with van der Waals surface area (Å²) < 4.78 is 7.48. The Morgan fingerprint density at radius 2 is 2.25 bits per heavy atom. The molecule has 1 saturated heterocycles. The van der Waals surface area contributed by atoms with Crippen LogP contribution in [0.3, 0.4) is 0 Å². The summed E-state index contributed by atoms with van der Waals surface area (Å²) in [4.78, 5) is 14.6. The summed E-state index contributed by atoms with van der Waals surface area (Å²) in [5, 5.41) is 7.83. The molecule has 0 saturated carbocycles. The Hall–Kier alpha value is -1.95. The quantitative estimate of drug-likeness (QED) is 0.788. The van der Waals surface area contributed by atoms with E-state index in [4.69, 9.17) is 4.74 Å². The molecule has 0 spiro atoms. The highest BCUT2D eigenvalue weighted by atomic mass is 16.5. The summed E-state index contributed by atoms with van der Waals surface area (Å²) in [6, 6.07) is 5.47. The van der Waals surface area contributed by atoms with Gasteiger partial charge >= 0.3 is 0 Å². The van der Waals surface area contributed by atoms with Gasteiger partial charge in [-0.1, -0.05) is 6.07 Å². The molecular weight excluding hydrogens is 256 g/mol. The van der Waals surface area contributed by atoms with E-state index >= 15 is 0 Å². The van der Waals surface area contributed by atoms with Crippen molar-refractivity contribution in [2.24, 2.45) is 0 Å². The monoisotopic (exact) mass is 274 g/mol. The third-order valence-corrected chi connectivity index (χ3v) is 3.48. The lowest BCUT2D eigenvalue weighted by atomic mass is 10.1. The van der Waals surface area contributed by atoms with Gasteiger partial charge in [-0.15, -0.1) is 10.2 Å². The first-order chi connectivity index (χ1) is 9.57. The first-order valence-corrected chi connectivity index (χ1v) is 6.79. The average molecular weight is 274 g/mol. The van der Waals surface area contributed by atoms with Crippen LogP contribution in [0, 0.1) is 0 Å². The molecule has 2 aromatic rings. The summed E-state index contributed by atoms with van der Waals surface area (Å²) in [5.74, 6) is -0.00558. The first kappa shape index (κ1) is 13.1. The van der Waals surface area contributed by atoms with Crippen molar-refractivity contribution in [2.75, 3.05) is 19.7 Å². The van der Waals surface area contributed by atoms with Crippen LogP contribution in [-0.4, -0.2) is 50.7 Å². The summed E-state index contributed by atoms with van der Waals surface area (Å²) in [7, 11) is 0. The number of carbonyl (C=O) groups is 1. The molecule has 1 aliphatic heterocycles. The molecule has 0 unspecified atom stereocenters. The van der Waals surface area contributed by atoms with Crippen molar-refractivity contribution in [3.8, 4) is 0 Å². The van der Waals surface area contributed by atoms with Crippen LogP contribution in [0.1, 0.15) is 30.8 Å². The second-order valence-corrected chi connectivity index (χ2v) is 5.66. The van der Waals surface area contributed by atoms with Gasteiger partial charge in [0, 0.05) is 19.7 Å². The third-order valence-electron chi connectivity index (χ3n) is 3.48. The Labute approximate surface area is 117 Å². The Morgan fingerprint density at radius 3 is 3.10 bits per heavy atom. The van der Waals surface area contributed by atoms with Gasteiger partial charge in [0.25, 0.3) is 5.91 Å². The molecule has 0 aliphatic carbocycles. The van der Waals surface area contributed by atoms with Gasteiger partial charge in [0.1, 0.15) is 12.0 Å². The summed E-state index contributed by atoms with van der Waals surface area (Å²) in [6.45, 7) is 6.01. The van der Waals surface area contributed by atoms with Gasteiger partial charge in [-0.05, 0) is 32.4 Å². The van der Waals surface area contributed by atoms with Crippen molar-refractivity contribution >= 4 is 11.6 Å². The highest BCUT2D eigenvalue weighted by molar-refractivity contribution is 5.93. The highest BCUT2D eigenvalue weighted by Crippen LogP contribution is 2.18. The second kappa shape index (κ2) is 4.86. The molecule has 106 valence electrons. The lowest BCUT2D eigenvalue weighted by Crippen LogP contribution is -2.42. The molecule has 1 aliphatic rings. The fourth-order valence-electron chi connectivity index (χ4n) is 2.55. The van der Waals surface area contributed by atoms with Gasteiger partial charge < -0.3 is 9.64 Å². The van der Waals surface area contributed by atoms with E-state index in [0.29, 0.717) is 31.0 Å². The highest BCUT2D eigenvalue weighted by Gasteiger charge is 2.29. The van der Waals surface area contributed by atoms with E-state index in [1.54, 1.807) is 16.8 Å². The van der Waals surface area contributed by atoms with Crippen LogP contribution in [0.2, 0.25) is 0 Å². The van der Waals surface area contributed by atoms with E-state index < -0.39 is 0 Å². The van der Waals surface area contributed by atoms with Crippen LogP contribution in [-0.2, 0) is 4.74 Å². The van der Waals surface area contributed by atoms with E-state index in [1.165, 1.54) is 0 Å². The largest absolute Gasteiger partial charge is 0.374 e. The number of hydrogen-bond donors (Lipinski definition) is 0. The standard InChI is InChI=1S/C14H18N4O2/c1-14(2)9-17(7-4-8-20-14)13(19)11-5-3-6-12-16-15-10-18(11)12/h3,5-6,10H,4,7-9H2,1-2H3. The minimum absolute atomic E-state index is 0.00558. The van der Waals surface area contributed by atoms with Crippen LogP contribution >= 0.6 is 0 Å². The Bertz CT molecular complexity index is 635. The SMILES string of the molecule is CC1(C)CN(C(=O)c2cccc3nncn23)CCCO1. The van der Waals surface area contributed by atoms with Crippen LogP contribution in [0.15, 0.2) is 24.5 Å². The topological polar surface area (TPSA) is 59.7 Å². The number of fused-ring (bicyclic) bond motifs is 1. The molecule has 0 atom stereocenters. The number of nitrogens with zero attached hydrogens (tertiary/aromatic N) is 4. The van der Waals surface area contributed by atoms with Crippen LogP contribution in [0.4, 0.5) is 0 Å². The zero-order valence-electron chi connectivity index (χ0n) is 11.7. The average Bonchev–Trinajstić information content (AvgIpc) is 2.82. The molecule has 0 aromatic carbocycles. The van der Waals surface area contributed by atoms with Crippen molar-refractivity contribution in [3.63, 3.8) is 0 Å². The lowest BCUT2D eigenvalue weighted by Gasteiger charge is -2.29. The normalized spacial score (nSPS) is 19.0. The summed E-state index contributed by atoms with van der Waals surface area (Å²) >= 11 is 0. The van der Waals surface area contributed by atoms with Crippen molar-refractivity contribution < 1.29 is 9.53 Å². The molecule has 20 heavy (non-hydrogen) atoms. The number of carbonyl (C=O) groups excluding carboxylic acids is 1. The minimum atomic E-state index is -0.312. The number of pyridine rings is 1. The van der Waals surface area contributed by atoms with Gasteiger partial charge in [-0.2, -0.15) is 0 Å². The molecule has 6 nitrogen and oxygen atoms in total. The maximum atomic E-state index is 12.7. The molecule has 0 bridgehead atoms. The van der Waals surface area contributed by atoms with E-state index in [0.717, 1.165) is 6.42 Å².